The first-order chi connectivity index (χ1) is 12.6. The molecule has 4 heterocycles. The fourth-order valence-corrected chi connectivity index (χ4v) is 5.67. The zero-order valence-electron chi connectivity index (χ0n) is 14.0. The molecule has 0 aliphatic carbocycles. The molecule has 8 nitrogen and oxygen atoms in total. The molecule has 1 aromatic heterocycles. The molecule has 3 aliphatic heterocycles. The second-order valence-corrected chi connectivity index (χ2v) is 8.33. The average Bonchev–Trinajstić information content (AvgIpc) is 3.29. The topological polar surface area (TPSA) is 105 Å². The predicted molar refractivity (Wildman–Crippen MR) is 92.1 cm³/mol. The molecule has 3 aliphatic rings. The number of fused-ring (bicyclic) bond motifs is 3. The molecule has 2 bridgehead atoms. The van der Waals surface area contributed by atoms with Gasteiger partial charge in [-0.05, 0) is 30.9 Å². The van der Waals surface area contributed by atoms with Gasteiger partial charge in [-0.2, -0.15) is 14.0 Å². The number of hydrogen-bond donors (Lipinski definition) is 0. The molecule has 138 valence electrons. The Hall–Kier alpha value is -1.70. The number of piperidine rings is 1. The molecule has 3 saturated heterocycles. The van der Waals surface area contributed by atoms with Crippen molar-refractivity contribution >= 4 is 35.4 Å². The number of aromatic nitrogens is 2. The lowest BCUT2D eigenvalue weighted by Gasteiger charge is -2.37. The van der Waals surface area contributed by atoms with Gasteiger partial charge in [-0.25, -0.2) is 14.5 Å². The van der Waals surface area contributed by atoms with Crippen LogP contribution in [-0.2, 0) is 19.1 Å². The average molecular weight is 394 g/mol. The number of nitriles is 1. The summed E-state index contributed by atoms with van der Waals surface area (Å²) < 4.78 is 19.5. The van der Waals surface area contributed by atoms with Crippen molar-refractivity contribution in [3.63, 3.8) is 0 Å². The first-order valence-electron chi connectivity index (χ1n) is 8.66. The van der Waals surface area contributed by atoms with Gasteiger partial charge < -0.3 is 9.47 Å². The van der Waals surface area contributed by atoms with Crippen molar-refractivity contribution in [1.29, 1.82) is 5.26 Å². The lowest BCUT2D eigenvalue weighted by Crippen LogP contribution is -2.51. The van der Waals surface area contributed by atoms with E-state index in [2.05, 4.69) is 14.8 Å². The van der Waals surface area contributed by atoms with Gasteiger partial charge >= 0.3 is 17.8 Å². The van der Waals surface area contributed by atoms with Crippen LogP contribution in [0.4, 0.5) is 0 Å². The molecular formula is C16H18N4O4S2. The van der Waals surface area contributed by atoms with Crippen LogP contribution in [0.25, 0.3) is 0 Å². The van der Waals surface area contributed by atoms with Crippen LogP contribution in [0, 0.1) is 17.2 Å². The summed E-state index contributed by atoms with van der Waals surface area (Å²) in [6.45, 7) is 1.35. The normalized spacial score (nSPS) is 28.8. The van der Waals surface area contributed by atoms with Crippen molar-refractivity contribution in [1.82, 2.24) is 13.6 Å². The van der Waals surface area contributed by atoms with Crippen molar-refractivity contribution in [3.05, 3.63) is 5.69 Å². The number of ether oxygens (including phenoxy) is 2. The number of nitrogens with zero attached hydrogens (tertiary/aromatic N) is 4. The molecule has 26 heavy (non-hydrogen) atoms. The minimum Gasteiger partial charge on any atom is -0.400 e. The summed E-state index contributed by atoms with van der Waals surface area (Å²) in [6, 6.07) is 2.16. The molecule has 4 rings (SSSR count). The Labute approximate surface area is 159 Å². The summed E-state index contributed by atoms with van der Waals surface area (Å²) in [5, 5.41) is 9.56. The van der Waals surface area contributed by atoms with Gasteiger partial charge in [-0.15, -0.1) is 11.8 Å². The number of esters is 2. The van der Waals surface area contributed by atoms with Crippen LogP contribution in [0.3, 0.4) is 0 Å². The fourth-order valence-electron chi connectivity index (χ4n) is 3.89. The van der Waals surface area contributed by atoms with Crippen molar-refractivity contribution in [2.24, 2.45) is 5.92 Å². The Morgan fingerprint density at radius 1 is 1.27 bits per heavy atom. The third kappa shape index (κ3) is 3.08. The zero-order valence-corrected chi connectivity index (χ0v) is 15.7. The summed E-state index contributed by atoms with van der Waals surface area (Å²) in [7, 11) is 0. The van der Waals surface area contributed by atoms with Gasteiger partial charge in [0.05, 0.1) is 23.5 Å². The van der Waals surface area contributed by atoms with E-state index in [9.17, 15) is 9.59 Å². The van der Waals surface area contributed by atoms with Crippen LogP contribution < -0.4 is 0 Å². The van der Waals surface area contributed by atoms with E-state index in [4.69, 9.17) is 14.7 Å². The number of carbonyl (C=O) groups excluding carboxylic acids is 2. The number of unbranched alkanes of at least 4 members (excludes halogenated alkanes) is 2. The maximum absolute atomic E-state index is 11.5. The minimum absolute atomic E-state index is 0.202. The van der Waals surface area contributed by atoms with E-state index in [0.29, 0.717) is 25.3 Å². The highest BCUT2D eigenvalue weighted by Crippen LogP contribution is 2.48. The first-order valence-corrected chi connectivity index (χ1v) is 10.4. The molecule has 1 spiro atoms. The second-order valence-electron chi connectivity index (χ2n) is 6.72. The smallest absolute Gasteiger partial charge is 0.400 e. The van der Waals surface area contributed by atoms with Crippen LogP contribution in [-0.4, -0.2) is 50.3 Å². The molecule has 0 amide bonds. The van der Waals surface area contributed by atoms with Gasteiger partial charge in [0.1, 0.15) is 5.03 Å². The maximum Gasteiger partial charge on any atom is 0.421 e. The van der Waals surface area contributed by atoms with Gasteiger partial charge in [0.15, 0.2) is 0 Å². The van der Waals surface area contributed by atoms with Crippen LogP contribution in [0.2, 0.25) is 0 Å². The van der Waals surface area contributed by atoms with Gasteiger partial charge in [0.25, 0.3) is 0 Å². The van der Waals surface area contributed by atoms with E-state index < -0.39 is 17.8 Å². The molecule has 0 N–H and O–H groups in total. The standard InChI is InChI=1S/C16H18N4O4S2/c17-6-2-1-3-7-25-13-12(18-26-19-13)11-9-20-8-10(11)4-5-16(20)23-14(21)15(22)24-16/h10-11H,1-5,7-9H2. The third-order valence-electron chi connectivity index (χ3n) is 5.18. The summed E-state index contributed by atoms with van der Waals surface area (Å²) in [5.74, 6) is -1.52. The van der Waals surface area contributed by atoms with E-state index in [1.165, 1.54) is 11.7 Å². The number of rotatable bonds is 6. The largest absolute Gasteiger partial charge is 0.421 e. The fraction of sp³-hybridized carbons (Fsp3) is 0.688. The second kappa shape index (κ2) is 7.13. The third-order valence-corrected chi connectivity index (χ3v) is 6.90. The molecule has 0 radical (unpaired) electrons. The van der Waals surface area contributed by atoms with E-state index >= 15 is 0 Å². The highest BCUT2D eigenvalue weighted by molar-refractivity contribution is 7.99. The molecule has 10 heteroatoms. The molecule has 0 aromatic carbocycles. The van der Waals surface area contributed by atoms with Crippen LogP contribution in [0.5, 0.6) is 0 Å². The highest BCUT2D eigenvalue weighted by Gasteiger charge is 2.59. The van der Waals surface area contributed by atoms with Crippen molar-refractivity contribution in [2.45, 2.75) is 49.0 Å². The Morgan fingerprint density at radius 3 is 2.85 bits per heavy atom. The number of carbonyl (C=O) groups is 2. The van der Waals surface area contributed by atoms with E-state index in [0.717, 1.165) is 42.3 Å². The predicted octanol–water partition coefficient (Wildman–Crippen LogP) is 1.89. The molecular weight excluding hydrogens is 376 g/mol. The Balaban J connectivity index is 1.43. The molecule has 3 fully saturated rings. The number of hydrogen-bond acceptors (Lipinski definition) is 10. The van der Waals surface area contributed by atoms with Crippen molar-refractivity contribution < 1.29 is 19.1 Å². The Morgan fingerprint density at radius 2 is 2.08 bits per heavy atom. The summed E-state index contributed by atoms with van der Waals surface area (Å²) in [4.78, 5) is 25.0. The summed E-state index contributed by atoms with van der Waals surface area (Å²) in [6.07, 6.45) is 3.77. The maximum atomic E-state index is 11.5. The number of thioether (sulfide) groups is 1. The quantitative estimate of drug-likeness (QED) is 0.309. The van der Waals surface area contributed by atoms with Crippen LogP contribution in [0.1, 0.15) is 43.7 Å². The lowest BCUT2D eigenvalue weighted by molar-refractivity contribution is -0.257. The van der Waals surface area contributed by atoms with Crippen LogP contribution in [0.15, 0.2) is 5.03 Å². The minimum atomic E-state index is -1.21. The Bertz CT molecular complexity index is 746. The van der Waals surface area contributed by atoms with Crippen molar-refractivity contribution in [2.75, 3.05) is 18.8 Å². The van der Waals surface area contributed by atoms with Gasteiger partial charge in [-0.1, -0.05) is 0 Å². The van der Waals surface area contributed by atoms with Gasteiger partial charge in [-0.3, -0.25) is 0 Å². The molecule has 0 saturated carbocycles. The SMILES string of the molecule is N#CCCCCSc1nsnc1C1CN2CC1CCC21OC(=O)C(=O)O1. The van der Waals surface area contributed by atoms with Crippen LogP contribution >= 0.6 is 23.5 Å². The highest BCUT2D eigenvalue weighted by atomic mass is 32.2. The van der Waals surface area contributed by atoms with Crippen molar-refractivity contribution in [3.8, 4) is 6.07 Å². The van der Waals surface area contributed by atoms with E-state index in [1.54, 1.807) is 11.8 Å². The molecule has 3 unspecified atom stereocenters. The monoisotopic (exact) mass is 394 g/mol. The van der Waals surface area contributed by atoms with E-state index in [-0.39, 0.29) is 5.92 Å². The zero-order chi connectivity index (χ0) is 18.1. The Kier molecular flexibility index (Phi) is 4.86. The lowest BCUT2D eigenvalue weighted by atomic mass is 9.88. The first kappa shape index (κ1) is 17.7. The molecule has 1 aromatic rings. The van der Waals surface area contributed by atoms with Gasteiger partial charge in [0.2, 0.25) is 0 Å². The molecule has 3 atom stereocenters. The van der Waals surface area contributed by atoms with E-state index in [1.807, 2.05) is 4.90 Å². The van der Waals surface area contributed by atoms with Gasteiger partial charge in [0, 0.05) is 31.8 Å². The summed E-state index contributed by atoms with van der Waals surface area (Å²) in [5.41, 5.74) is 1.00. The summed E-state index contributed by atoms with van der Waals surface area (Å²) >= 11 is 2.91.